The van der Waals surface area contributed by atoms with Crippen LogP contribution in [0.3, 0.4) is 0 Å². The molecule has 0 fully saturated rings. The number of hydrogen-bond acceptors (Lipinski definition) is 4. The van der Waals surface area contributed by atoms with Crippen LogP contribution in [0.5, 0.6) is 0 Å². The van der Waals surface area contributed by atoms with Crippen LogP contribution in [0, 0.1) is 8.99 Å². The number of halogens is 1. The van der Waals surface area contributed by atoms with Gasteiger partial charge < -0.3 is 9.52 Å². The zero-order chi connectivity index (χ0) is 14.8. The van der Waals surface area contributed by atoms with E-state index in [0.717, 1.165) is 9.13 Å². The van der Waals surface area contributed by atoms with Crippen LogP contribution >= 0.6 is 22.6 Å². The molecule has 0 saturated heterocycles. The van der Waals surface area contributed by atoms with E-state index in [0.29, 0.717) is 18.2 Å². The van der Waals surface area contributed by atoms with E-state index in [1.807, 2.05) is 38.1 Å². The number of rotatable bonds is 5. The highest BCUT2D eigenvalue weighted by Gasteiger charge is 2.25. The van der Waals surface area contributed by atoms with Crippen molar-refractivity contribution in [2.75, 3.05) is 0 Å². The first-order chi connectivity index (χ1) is 9.37. The molecule has 0 aliphatic heterocycles. The van der Waals surface area contributed by atoms with Crippen LogP contribution in [0.25, 0.3) is 11.5 Å². The van der Waals surface area contributed by atoms with Gasteiger partial charge in [0.2, 0.25) is 11.8 Å². The Morgan fingerprint density at radius 1 is 1.35 bits per heavy atom. The van der Waals surface area contributed by atoms with E-state index in [1.165, 1.54) is 0 Å². The smallest absolute Gasteiger partial charge is 0.303 e. The summed E-state index contributed by atoms with van der Waals surface area (Å²) in [4.78, 5) is 10.8. The van der Waals surface area contributed by atoms with Crippen LogP contribution in [0.15, 0.2) is 28.7 Å². The van der Waals surface area contributed by atoms with Crippen molar-refractivity contribution in [1.82, 2.24) is 10.2 Å². The first kappa shape index (κ1) is 15.0. The molecule has 2 aromatic rings. The van der Waals surface area contributed by atoms with Crippen LogP contribution in [-0.2, 0) is 11.2 Å². The normalized spacial score (nSPS) is 11.6. The van der Waals surface area contributed by atoms with Gasteiger partial charge in [0.15, 0.2) is 0 Å². The summed E-state index contributed by atoms with van der Waals surface area (Å²) in [6.45, 7) is 3.74. The summed E-state index contributed by atoms with van der Waals surface area (Å²) in [6, 6.07) is 7.74. The van der Waals surface area contributed by atoms with E-state index >= 15 is 0 Å². The highest BCUT2D eigenvalue weighted by atomic mass is 127. The minimum absolute atomic E-state index is 0.0631. The van der Waals surface area contributed by atoms with Crippen molar-refractivity contribution in [1.29, 1.82) is 0 Å². The fourth-order valence-corrected chi connectivity index (χ4v) is 2.57. The number of hydrogen-bond donors (Lipinski definition) is 1. The Balaban J connectivity index is 2.18. The molecule has 20 heavy (non-hydrogen) atoms. The number of carbonyl (C=O) groups is 1. The Morgan fingerprint density at radius 3 is 2.70 bits per heavy atom. The van der Waals surface area contributed by atoms with Crippen molar-refractivity contribution in [2.45, 2.75) is 26.7 Å². The molecule has 0 aliphatic carbocycles. The number of carboxylic acids is 1. The van der Waals surface area contributed by atoms with Crippen molar-refractivity contribution in [2.24, 2.45) is 5.41 Å². The maximum atomic E-state index is 10.8. The molecular formula is C14H15IN2O3. The van der Waals surface area contributed by atoms with E-state index in [4.69, 9.17) is 9.52 Å². The summed E-state index contributed by atoms with van der Waals surface area (Å²) in [7, 11) is 0. The molecule has 6 heteroatoms. The quantitative estimate of drug-likeness (QED) is 0.798. The lowest BCUT2D eigenvalue weighted by molar-refractivity contribution is -0.139. The molecular weight excluding hydrogens is 371 g/mol. The summed E-state index contributed by atoms with van der Waals surface area (Å²) in [5.41, 5.74) is 0.474. The van der Waals surface area contributed by atoms with E-state index in [9.17, 15) is 4.79 Å². The molecule has 2 rings (SSSR count). The molecule has 0 atom stereocenters. The number of aliphatic carboxylic acids is 1. The first-order valence-corrected chi connectivity index (χ1v) is 7.24. The third-order valence-corrected chi connectivity index (χ3v) is 3.77. The fourth-order valence-electron chi connectivity index (χ4n) is 1.95. The zero-order valence-electron chi connectivity index (χ0n) is 11.3. The van der Waals surface area contributed by atoms with Gasteiger partial charge in [-0.3, -0.25) is 4.79 Å². The van der Waals surface area contributed by atoms with Crippen molar-refractivity contribution in [3.05, 3.63) is 33.7 Å². The van der Waals surface area contributed by atoms with Gasteiger partial charge in [-0.25, -0.2) is 0 Å². The van der Waals surface area contributed by atoms with Crippen molar-refractivity contribution < 1.29 is 14.3 Å². The third kappa shape index (κ3) is 3.78. The first-order valence-electron chi connectivity index (χ1n) is 6.16. The Hall–Kier alpha value is -1.44. The summed E-state index contributed by atoms with van der Waals surface area (Å²) >= 11 is 2.21. The number of carboxylic acid groups (broad SMARTS) is 1. The van der Waals surface area contributed by atoms with E-state index in [1.54, 1.807) is 0 Å². The van der Waals surface area contributed by atoms with E-state index in [-0.39, 0.29) is 6.42 Å². The molecule has 0 radical (unpaired) electrons. The molecule has 0 amide bonds. The topological polar surface area (TPSA) is 76.2 Å². The molecule has 0 aliphatic rings. The Labute approximate surface area is 130 Å². The lowest BCUT2D eigenvalue weighted by Crippen LogP contribution is -2.19. The zero-order valence-corrected chi connectivity index (χ0v) is 13.4. The molecule has 0 unspecified atom stereocenters. The molecule has 1 aromatic heterocycles. The Morgan fingerprint density at radius 2 is 2.05 bits per heavy atom. The highest BCUT2D eigenvalue weighted by molar-refractivity contribution is 14.1. The maximum Gasteiger partial charge on any atom is 0.303 e. The van der Waals surface area contributed by atoms with Crippen LogP contribution in [0.2, 0.25) is 0 Å². The van der Waals surface area contributed by atoms with Crippen molar-refractivity contribution in [3.63, 3.8) is 0 Å². The van der Waals surface area contributed by atoms with Gasteiger partial charge in [-0.05, 0) is 40.1 Å². The predicted molar refractivity (Wildman–Crippen MR) is 82.2 cm³/mol. The molecule has 1 heterocycles. The van der Waals surface area contributed by atoms with Gasteiger partial charge in [0.05, 0.1) is 12.0 Å². The third-order valence-electron chi connectivity index (χ3n) is 2.83. The van der Waals surface area contributed by atoms with Gasteiger partial charge in [0, 0.05) is 9.99 Å². The number of benzene rings is 1. The van der Waals surface area contributed by atoms with Crippen LogP contribution < -0.4 is 0 Å². The highest BCUT2D eigenvalue weighted by Crippen LogP contribution is 2.28. The number of aromatic nitrogens is 2. The SMILES string of the molecule is CC(C)(CC(=O)O)Cc1nnc(-c2ccccc2I)o1. The molecule has 1 aromatic carbocycles. The van der Waals surface area contributed by atoms with Gasteiger partial charge in [0.25, 0.3) is 0 Å². The summed E-state index contributed by atoms with van der Waals surface area (Å²) in [5, 5.41) is 16.9. The van der Waals surface area contributed by atoms with Gasteiger partial charge in [-0.2, -0.15) is 0 Å². The molecule has 1 N–H and O–H groups in total. The molecule has 106 valence electrons. The Bertz CT molecular complexity index is 622. The monoisotopic (exact) mass is 386 g/mol. The molecule has 5 nitrogen and oxygen atoms in total. The summed E-state index contributed by atoms with van der Waals surface area (Å²) in [6.07, 6.45) is 0.503. The molecule has 0 bridgehead atoms. The van der Waals surface area contributed by atoms with Crippen molar-refractivity contribution in [3.8, 4) is 11.5 Å². The minimum atomic E-state index is -0.827. The van der Waals surface area contributed by atoms with Crippen LogP contribution in [-0.4, -0.2) is 21.3 Å². The second-order valence-corrected chi connectivity index (χ2v) is 6.55. The average Bonchev–Trinajstić information content (AvgIpc) is 2.75. The molecule has 0 spiro atoms. The summed E-state index contributed by atoms with van der Waals surface area (Å²) < 4.78 is 6.68. The lowest BCUT2D eigenvalue weighted by Gasteiger charge is -2.19. The second kappa shape index (κ2) is 5.90. The molecule has 0 saturated carbocycles. The number of nitrogens with zero attached hydrogens (tertiary/aromatic N) is 2. The minimum Gasteiger partial charge on any atom is -0.481 e. The van der Waals surface area contributed by atoms with Gasteiger partial charge in [-0.1, -0.05) is 26.0 Å². The largest absolute Gasteiger partial charge is 0.481 e. The predicted octanol–water partition coefficient (Wildman–Crippen LogP) is 3.38. The van der Waals surface area contributed by atoms with Gasteiger partial charge >= 0.3 is 5.97 Å². The summed E-state index contributed by atoms with van der Waals surface area (Å²) in [5.74, 6) is 0.106. The van der Waals surface area contributed by atoms with Crippen LogP contribution in [0.4, 0.5) is 0 Å². The lowest BCUT2D eigenvalue weighted by atomic mass is 9.86. The average molecular weight is 386 g/mol. The van der Waals surface area contributed by atoms with E-state index < -0.39 is 11.4 Å². The van der Waals surface area contributed by atoms with Gasteiger partial charge in [0.1, 0.15) is 0 Å². The standard InChI is InChI=1S/C14H15IN2O3/c1-14(2,8-12(18)19)7-11-16-17-13(20-11)9-5-3-4-6-10(9)15/h3-6H,7-8H2,1-2H3,(H,18,19). The fraction of sp³-hybridized carbons (Fsp3) is 0.357. The second-order valence-electron chi connectivity index (χ2n) is 5.39. The maximum absolute atomic E-state index is 10.8. The van der Waals surface area contributed by atoms with Crippen LogP contribution in [0.1, 0.15) is 26.2 Å². The van der Waals surface area contributed by atoms with Gasteiger partial charge in [-0.15, -0.1) is 10.2 Å². The van der Waals surface area contributed by atoms with Crippen molar-refractivity contribution >= 4 is 28.6 Å². The Kier molecular flexibility index (Phi) is 4.42. The van der Waals surface area contributed by atoms with E-state index in [2.05, 4.69) is 32.8 Å².